The molecular formula is C20H29BClFO3. The molecule has 0 spiro atoms. The van der Waals surface area contributed by atoms with Gasteiger partial charge in [0.1, 0.15) is 5.73 Å². The van der Waals surface area contributed by atoms with Crippen LogP contribution in [0.3, 0.4) is 0 Å². The first-order chi connectivity index (χ1) is 11.8. The lowest BCUT2D eigenvalue weighted by Crippen LogP contribution is -2.41. The minimum Gasteiger partial charge on any atom is -0.398 e. The normalized spacial score (nSPS) is 20.3. The Bertz CT molecular complexity index is 647. The molecule has 1 aromatic carbocycles. The van der Waals surface area contributed by atoms with Crippen molar-refractivity contribution < 1.29 is 18.4 Å². The summed E-state index contributed by atoms with van der Waals surface area (Å²) >= 11 is 5.98. The van der Waals surface area contributed by atoms with Gasteiger partial charge in [-0.15, -0.1) is 0 Å². The predicted octanol–water partition coefficient (Wildman–Crippen LogP) is 5.86. The molecule has 0 saturated carbocycles. The Hall–Kier alpha value is -0.875. The van der Waals surface area contributed by atoms with Crippen LogP contribution in [-0.4, -0.2) is 30.5 Å². The highest BCUT2D eigenvalue weighted by molar-refractivity contribution is 6.55. The molecule has 0 radical (unpaired) electrons. The molecule has 3 nitrogen and oxygen atoms in total. The maximum Gasteiger partial charge on any atom is 0.525 e. The molecule has 2 rings (SSSR count). The standard InChI is InChI=1S/C20H29BClFO3/c1-18(2,3)24-13-12-16(14-8-10-15(22)11-9-14)17(23)21-25-19(4,5)20(6,7)26-21/h8-11H,12-13H2,1-7H3. The van der Waals surface area contributed by atoms with Gasteiger partial charge < -0.3 is 14.0 Å². The Morgan fingerprint density at radius 2 is 1.58 bits per heavy atom. The fourth-order valence-corrected chi connectivity index (χ4v) is 2.73. The Labute approximate surface area is 162 Å². The summed E-state index contributed by atoms with van der Waals surface area (Å²) in [4.78, 5) is 0. The van der Waals surface area contributed by atoms with Gasteiger partial charge in [0, 0.05) is 5.02 Å². The third-order valence-corrected chi connectivity index (χ3v) is 5.08. The Morgan fingerprint density at radius 1 is 1.08 bits per heavy atom. The quantitative estimate of drug-likeness (QED) is 0.597. The largest absolute Gasteiger partial charge is 0.525 e. The van der Waals surface area contributed by atoms with Crippen molar-refractivity contribution in [2.45, 2.75) is 71.7 Å². The molecule has 0 unspecified atom stereocenters. The van der Waals surface area contributed by atoms with Crippen molar-refractivity contribution in [3.63, 3.8) is 0 Å². The van der Waals surface area contributed by atoms with Crippen LogP contribution in [0.25, 0.3) is 5.57 Å². The SMILES string of the molecule is CC(C)(C)OCCC(=C(F)B1OC(C)(C)C(C)(C)O1)c1ccc(Cl)cc1. The first kappa shape index (κ1) is 21.4. The first-order valence-electron chi connectivity index (χ1n) is 8.96. The maximum atomic E-state index is 15.4. The Balaban J connectivity index is 2.32. The van der Waals surface area contributed by atoms with Gasteiger partial charge in [0.15, 0.2) is 0 Å². The van der Waals surface area contributed by atoms with Gasteiger partial charge >= 0.3 is 7.12 Å². The van der Waals surface area contributed by atoms with Gasteiger partial charge in [-0.05, 0) is 78.2 Å². The van der Waals surface area contributed by atoms with E-state index in [1.54, 1.807) is 24.3 Å². The summed E-state index contributed by atoms with van der Waals surface area (Å²) in [6.45, 7) is 14.0. The molecule has 144 valence electrons. The Morgan fingerprint density at radius 3 is 2.04 bits per heavy atom. The number of hydrogen-bond acceptors (Lipinski definition) is 3. The van der Waals surface area contributed by atoms with E-state index in [1.165, 1.54) is 0 Å². The maximum absolute atomic E-state index is 15.4. The molecule has 0 bridgehead atoms. The van der Waals surface area contributed by atoms with E-state index in [-0.39, 0.29) is 5.60 Å². The van der Waals surface area contributed by atoms with Crippen molar-refractivity contribution in [2.24, 2.45) is 0 Å². The lowest BCUT2D eigenvalue weighted by Gasteiger charge is -2.32. The third kappa shape index (κ3) is 5.10. The van der Waals surface area contributed by atoms with Crippen LogP contribution in [-0.2, 0) is 14.0 Å². The molecule has 1 heterocycles. The lowest BCUT2D eigenvalue weighted by molar-refractivity contribution is 0.000564. The molecule has 6 heteroatoms. The smallest absolute Gasteiger partial charge is 0.398 e. The van der Waals surface area contributed by atoms with Gasteiger partial charge in [0.05, 0.1) is 23.4 Å². The van der Waals surface area contributed by atoms with Crippen LogP contribution in [0.1, 0.15) is 60.5 Å². The number of hydrogen-bond donors (Lipinski definition) is 0. The molecular weight excluding hydrogens is 353 g/mol. The second kappa shape index (κ2) is 7.63. The van der Waals surface area contributed by atoms with Crippen molar-refractivity contribution in [3.05, 3.63) is 40.6 Å². The number of halogens is 2. The van der Waals surface area contributed by atoms with E-state index in [9.17, 15) is 0 Å². The molecule has 0 N–H and O–H groups in total. The van der Waals surface area contributed by atoms with Crippen LogP contribution in [0.4, 0.5) is 4.39 Å². The summed E-state index contributed by atoms with van der Waals surface area (Å²) < 4.78 is 33.0. The minimum absolute atomic E-state index is 0.286. The second-order valence-corrected chi connectivity index (χ2v) is 9.07. The van der Waals surface area contributed by atoms with Gasteiger partial charge in [-0.3, -0.25) is 0 Å². The molecule has 1 aromatic rings. The lowest BCUT2D eigenvalue weighted by atomic mass is 9.82. The van der Waals surface area contributed by atoms with Gasteiger partial charge in [-0.1, -0.05) is 23.7 Å². The van der Waals surface area contributed by atoms with Crippen LogP contribution < -0.4 is 0 Å². The van der Waals surface area contributed by atoms with Crippen molar-refractivity contribution in [1.82, 2.24) is 0 Å². The number of rotatable bonds is 5. The molecule has 1 saturated heterocycles. The first-order valence-corrected chi connectivity index (χ1v) is 9.34. The zero-order chi connectivity index (χ0) is 19.8. The number of ether oxygens (including phenoxy) is 1. The van der Waals surface area contributed by atoms with Crippen molar-refractivity contribution >= 4 is 24.3 Å². The van der Waals surface area contributed by atoms with Crippen LogP contribution >= 0.6 is 11.6 Å². The zero-order valence-electron chi connectivity index (χ0n) is 16.8. The average molecular weight is 383 g/mol. The van der Waals surface area contributed by atoms with E-state index in [0.717, 1.165) is 5.56 Å². The van der Waals surface area contributed by atoms with E-state index in [0.29, 0.717) is 23.6 Å². The van der Waals surface area contributed by atoms with E-state index < -0.39 is 24.0 Å². The van der Waals surface area contributed by atoms with E-state index >= 15 is 4.39 Å². The molecule has 1 fully saturated rings. The highest BCUT2D eigenvalue weighted by atomic mass is 35.5. The highest BCUT2D eigenvalue weighted by Gasteiger charge is 2.53. The average Bonchev–Trinajstić information content (AvgIpc) is 2.71. The van der Waals surface area contributed by atoms with Gasteiger partial charge in [-0.25, -0.2) is 4.39 Å². The predicted molar refractivity (Wildman–Crippen MR) is 106 cm³/mol. The van der Waals surface area contributed by atoms with Gasteiger partial charge in [0.25, 0.3) is 0 Å². The fraction of sp³-hybridized carbons (Fsp3) is 0.600. The van der Waals surface area contributed by atoms with E-state index in [1.807, 2.05) is 48.5 Å². The molecule has 0 aliphatic carbocycles. The number of benzene rings is 1. The van der Waals surface area contributed by atoms with Crippen LogP contribution in [0.15, 0.2) is 30.0 Å². The molecule has 1 aliphatic heterocycles. The van der Waals surface area contributed by atoms with Crippen LogP contribution in [0.2, 0.25) is 5.02 Å². The van der Waals surface area contributed by atoms with E-state index in [4.69, 9.17) is 25.6 Å². The fourth-order valence-electron chi connectivity index (χ4n) is 2.60. The van der Waals surface area contributed by atoms with Crippen molar-refractivity contribution in [3.8, 4) is 0 Å². The Kier molecular flexibility index (Phi) is 6.29. The molecule has 26 heavy (non-hydrogen) atoms. The summed E-state index contributed by atoms with van der Waals surface area (Å²) in [5.74, 6) is 0. The summed E-state index contributed by atoms with van der Waals surface area (Å²) in [5.41, 5.74) is -0.623. The van der Waals surface area contributed by atoms with Crippen LogP contribution in [0.5, 0.6) is 0 Å². The van der Waals surface area contributed by atoms with Gasteiger partial charge in [0.2, 0.25) is 0 Å². The van der Waals surface area contributed by atoms with Crippen molar-refractivity contribution in [1.29, 1.82) is 0 Å². The summed E-state index contributed by atoms with van der Waals surface area (Å²) in [6, 6.07) is 7.11. The van der Waals surface area contributed by atoms with Gasteiger partial charge in [-0.2, -0.15) is 0 Å². The monoisotopic (exact) mass is 382 g/mol. The highest BCUT2D eigenvalue weighted by Crippen LogP contribution is 2.40. The summed E-state index contributed by atoms with van der Waals surface area (Å²) in [7, 11) is -1.03. The second-order valence-electron chi connectivity index (χ2n) is 8.63. The molecule has 0 amide bonds. The minimum atomic E-state index is -1.03. The topological polar surface area (TPSA) is 27.7 Å². The van der Waals surface area contributed by atoms with Crippen molar-refractivity contribution in [2.75, 3.05) is 6.61 Å². The molecule has 0 atom stereocenters. The summed E-state index contributed by atoms with van der Waals surface area (Å²) in [6.07, 6.45) is 0.412. The van der Waals surface area contributed by atoms with Crippen LogP contribution in [0, 0.1) is 0 Å². The summed E-state index contributed by atoms with van der Waals surface area (Å²) in [5, 5.41) is 0.607. The third-order valence-electron chi connectivity index (χ3n) is 4.83. The molecule has 1 aliphatic rings. The zero-order valence-corrected chi connectivity index (χ0v) is 17.5. The molecule has 0 aromatic heterocycles. The van der Waals surface area contributed by atoms with E-state index in [2.05, 4.69) is 0 Å².